The molecule has 4 aromatic rings. The van der Waals surface area contributed by atoms with E-state index in [9.17, 15) is 40.0 Å². The van der Waals surface area contributed by atoms with Gasteiger partial charge in [0, 0.05) is 16.8 Å². The van der Waals surface area contributed by atoms with E-state index in [-0.39, 0.29) is 44.2 Å². The molecule has 0 saturated carbocycles. The van der Waals surface area contributed by atoms with E-state index in [2.05, 4.69) is 19.8 Å². The molecule has 9 nitrogen and oxygen atoms in total. The highest BCUT2D eigenvalue weighted by Crippen LogP contribution is 2.44. The number of ether oxygens (including phenoxy) is 2. The fraction of sp³-hybridized carbons (Fsp3) is 0.192. The number of halogens is 5. The Labute approximate surface area is 228 Å². The van der Waals surface area contributed by atoms with Crippen LogP contribution >= 0.6 is 0 Å². The van der Waals surface area contributed by atoms with Gasteiger partial charge in [-0.15, -0.1) is 8.78 Å². The van der Waals surface area contributed by atoms with E-state index >= 15 is 0 Å². The van der Waals surface area contributed by atoms with Crippen LogP contribution in [0.25, 0.3) is 11.0 Å². The molecule has 1 aliphatic heterocycles. The predicted octanol–water partition coefficient (Wildman–Crippen LogP) is 5.04. The maximum atomic E-state index is 13.9. The van der Waals surface area contributed by atoms with Gasteiger partial charge >= 0.3 is 12.5 Å². The number of amides is 1. The Hall–Kier alpha value is -4.53. The van der Waals surface area contributed by atoms with E-state index in [1.54, 1.807) is 0 Å². The second-order valence-corrected chi connectivity index (χ2v) is 11.1. The number of aromatic nitrogens is 2. The third-order valence-electron chi connectivity index (χ3n) is 6.16. The monoisotopic (exact) mass is 595 g/mol. The van der Waals surface area contributed by atoms with Gasteiger partial charge in [-0.25, -0.2) is 13.4 Å². The first-order chi connectivity index (χ1) is 19.2. The Kier molecular flexibility index (Phi) is 6.72. The molecule has 0 spiro atoms. The summed E-state index contributed by atoms with van der Waals surface area (Å²) < 4.78 is 102. The van der Waals surface area contributed by atoms with Crippen LogP contribution in [0.2, 0.25) is 0 Å². The van der Waals surface area contributed by atoms with Crippen molar-refractivity contribution in [3.63, 3.8) is 0 Å². The molecule has 2 heterocycles. The Morgan fingerprint density at radius 2 is 1.73 bits per heavy atom. The molecule has 0 radical (unpaired) electrons. The lowest BCUT2D eigenvalue weighted by molar-refractivity contribution is -0.287. The summed E-state index contributed by atoms with van der Waals surface area (Å²) in [7, 11) is -3.52. The molecule has 0 atom stereocenters. The number of Topliss-reactive ketones (excluding diaryl/α,β-unsaturated/α-hetero) is 1. The van der Waals surface area contributed by atoms with Gasteiger partial charge < -0.3 is 19.4 Å². The van der Waals surface area contributed by atoms with E-state index in [0.717, 1.165) is 10.6 Å². The van der Waals surface area contributed by atoms with Crippen LogP contribution in [-0.4, -0.2) is 41.7 Å². The van der Waals surface area contributed by atoms with Gasteiger partial charge in [0.05, 0.1) is 28.2 Å². The number of carbonyl (C=O) groups excluding carboxylic acids is 2. The molecule has 0 aliphatic carbocycles. The summed E-state index contributed by atoms with van der Waals surface area (Å²) in [5.74, 6) is -4.36. The first kappa shape index (κ1) is 28.0. The lowest BCUT2D eigenvalue weighted by Gasteiger charge is -2.13. The molecule has 1 aromatic heterocycles. The summed E-state index contributed by atoms with van der Waals surface area (Å²) in [5.41, 5.74) is -0.416. The van der Waals surface area contributed by atoms with Crippen LogP contribution < -0.4 is 14.8 Å². The number of para-hydroxylation sites is 1. The van der Waals surface area contributed by atoms with Crippen molar-refractivity contribution in [3.05, 3.63) is 77.6 Å². The van der Waals surface area contributed by atoms with Gasteiger partial charge in [0.25, 0.3) is 11.7 Å². The van der Waals surface area contributed by atoms with Crippen LogP contribution in [0.1, 0.15) is 28.7 Å². The van der Waals surface area contributed by atoms with Crippen molar-refractivity contribution in [1.29, 1.82) is 0 Å². The number of carbonyl (C=O) groups is 2. The summed E-state index contributed by atoms with van der Waals surface area (Å²) in [5, 5.41) is 2.29. The number of rotatable bonds is 7. The van der Waals surface area contributed by atoms with Gasteiger partial charge in [-0.05, 0) is 48.5 Å². The van der Waals surface area contributed by atoms with Gasteiger partial charge in [-0.3, -0.25) is 9.59 Å². The first-order valence-corrected chi connectivity index (χ1v) is 13.5. The van der Waals surface area contributed by atoms with Crippen LogP contribution in [0.4, 0.5) is 27.6 Å². The number of fused-ring (bicyclic) bond motifs is 2. The van der Waals surface area contributed by atoms with Gasteiger partial charge in [0.2, 0.25) is 5.82 Å². The van der Waals surface area contributed by atoms with Crippen molar-refractivity contribution in [3.8, 4) is 11.5 Å². The average Bonchev–Trinajstić information content (AvgIpc) is 3.44. The molecule has 1 aliphatic rings. The highest BCUT2D eigenvalue weighted by molar-refractivity contribution is 7.91. The summed E-state index contributed by atoms with van der Waals surface area (Å²) in [6, 6.07) is 12.1. The molecule has 3 aromatic carbocycles. The lowest BCUT2D eigenvalue weighted by Crippen LogP contribution is -2.26. The Morgan fingerprint density at radius 3 is 2.39 bits per heavy atom. The van der Waals surface area contributed by atoms with E-state index in [4.69, 9.17) is 0 Å². The van der Waals surface area contributed by atoms with E-state index in [1.165, 1.54) is 61.5 Å². The molecular weight excluding hydrogens is 577 g/mol. The minimum atomic E-state index is -4.94. The number of hydrogen-bond acceptors (Lipinski definition) is 7. The standard InChI is InChI=1S/C26H18F5N3O6S/c1-2-41(37,38)17-9-6-14(7-10-17)21(35)23(36)32-16-8-11-19-18(12-16)33-24(25(27,28)29)34(19)13-15-4-3-5-20-22(15)40-26(30,31)39-20/h3-12H,2,13H2,1H3,(H,32,36). The predicted molar refractivity (Wildman–Crippen MR) is 134 cm³/mol. The molecule has 1 amide bonds. The summed E-state index contributed by atoms with van der Waals surface area (Å²) in [6.07, 6.45) is -8.91. The minimum absolute atomic E-state index is 0.0216. The average molecular weight is 596 g/mol. The zero-order valence-electron chi connectivity index (χ0n) is 20.8. The number of imidazole rings is 1. The highest BCUT2D eigenvalue weighted by atomic mass is 32.2. The number of benzene rings is 3. The zero-order chi connectivity index (χ0) is 29.7. The first-order valence-electron chi connectivity index (χ1n) is 11.8. The third-order valence-corrected chi connectivity index (χ3v) is 7.91. The molecule has 5 rings (SSSR count). The fourth-order valence-electron chi connectivity index (χ4n) is 4.20. The van der Waals surface area contributed by atoms with Crippen molar-refractivity contribution < 1.29 is 49.4 Å². The number of ketones is 1. The molecule has 41 heavy (non-hydrogen) atoms. The van der Waals surface area contributed by atoms with Crippen LogP contribution in [0.5, 0.6) is 11.5 Å². The summed E-state index contributed by atoms with van der Waals surface area (Å²) in [6.45, 7) is 0.902. The Balaban J connectivity index is 1.42. The van der Waals surface area contributed by atoms with Crippen molar-refractivity contribution in [2.45, 2.75) is 30.8 Å². The van der Waals surface area contributed by atoms with Gasteiger partial charge in [0.1, 0.15) is 0 Å². The molecule has 0 bridgehead atoms. The summed E-state index contributed by atoms with van der Waals surface area (Å²) in [4.78, 5) is 28.7. The van der Waals surface area contributed by atoms with Gasteiger partial charge in [-0.2, -0.15) is 13.2 Å². The number of sulfone groups is 1. The second-order valence-electron chi connectivity index (χ2n) is 8.85. The van der Waals surface area contributed by atoms with Crippen LogP contribution in [0, 0.1) is 0 Å². The molecule has 0 fully saturated rings. The number of nitrogens with one attached hydrogen (secondary N) is 1. The number of hydrogen-bond donors (Lipinski definition) is 1. The topological polar surface area (TPSA) is 117 Å². The lowest BCUT2D eigenvalue weighted by atomic mass is 10.1. The normalized spacial score (nSPS) is 14.3. The van der Waals surface area contributed by atoms with Crippen molar-refractivity contribution in [1.82, 2.24) is 9.55 Å². The SMILES string of the molecule is CCS(=O)(=O)c1ccc(C(=O)C(=O)Nc2ccc3c(c2)nc(C(F)(F)F)n3Cc2cccc3c2OC(F)(F)O3)cc1. The van der Waals surface area contributed by atoms with Crippen LogP contribution in [0.3, 0.4) is 0 Å². The van der Waals surface area contributed by atoms with Gasteiger partial charge in [-0.1, -0.05) is 19.1 Å². The van der Waals surface area contributed by atoms with Crippen molar-refractivity contribution in [2.24, 2.45) is 0 Å². The van der Waals surface area contributed by atoms with Crippen molar-refractivity contribution >= 4 is 38.2 Å². The molecular formula is C26H18F5N3O6S. The largest absolute Gasteiger partial charge is 0.586 e. The maximum Gasteiger partial charge on any atom is 0.586 e. The smallest absolute Gasteiger partial charge is 0.395 e. The molecule has 1 N–H and O–H groups in total. The van der Waals surface area contributed by atoms with E-state index in [0.29, 0.717) is 0 Å². The van der Waals surface area contributed by atoms with Crippen LogP contribution in [-0.2, 0) is 27.4 Å². The molecule has 0 unspecified atom stereocenters. The Morgan fingerprint density at radius 1 is 1.02 bits per heavy atom. The van der Waals surface area contributed by atoms with E-state index in [1.807, 2.05) is 0 Å². The summed E-state index contributed by atoms with van der Waals surface area (Å²) >= 11 is 0. The van der Waals surface area contributed by atoms with Crippen LogP contribution in [0.15, 0.2) is 65.6 Å². The number of nitrogens with zero attached hydrogens (tertiary/aromatic N) is 2. The van der Waals surface area contributed by atoms with Crippen molar-refractivity contribution in [2.75, 3.05) is 11.1 Å². The number of anilines is 1. The molecule has 15 heteroatoms. The zero-order valence-corrected chi connectivity index (χ0v) is 21.6. The maximum absolute atomic E-state index is 13.9. The second kappa shape index (κ2) is 9.83. The molecule has 0 saturated heterocycles. The number of alkyl halides is 5. The van der Waals surface area contributed by atoms with Gasteiger partial charge in [0.15, 0.2) is 21.3 Å². The molecule has 214 valence electrons. The van der Waals surface area contributed by atoms with E-state index < -0.39 is 52.1 Å². The fourth-order valence-corrected chi connectivity index (χ4v) is 5.09. The quantitative estimate of drug-likeness (QED) is 0.181. The minimum Gasteiger partial charge on any atom is -0.395 e. The highest BCUT2D eigenvalue weighted by Gasteiger charge is 2.45. The Bertz CT molecular complexity index is 1800. The third kappa shape index (κ3) is 5.44.